The normalized spacial score (nSPS) is 11.5. The molecule has 1 aromatic carbocycles. The summed E-state index contributed by atoms with van der Waals surface area (Å²) in [5.41, 5.74) is 0.720. The van der Waals surface area contributed by atoms with Gasteiger partial charge in [-0.2, -0.15) is 0 Å². The Kier molecular flexibility index (Phi) is 12.9. The highest BCUT2D eigenvalue weighted by molar-refractivity contribution is 5.78. The van der Waals surface area contributed by atoms with Crippen molar-refractivity contribution in [2.45, 2.75) is 98.0 Å². The quantitative estimate of drug-likeness (QED) is 0.209. The predicted molar refractivity (Wildman–Crippen MR) is 121 cm³/mol. The number of hydrogen-bond donors (Lipinski definition) is 0. The molecule has 0 fully saturated rings. The van der Waals surface area contributed by atoms with Gasteiger partial charge in [-0.05, 0) is 43.4 Å². The molecule has 0 aromatic heterocycles. The van der Waals surface area contributed by atoms with Gasteiger partial charge in [-0.15, -0.1) is 0 Å². The van der Waals surface area contributed by atoms with Crippen molar-refractivity contribution in [1.29, 1.82) is 0 Å². The molecule has 0 saturated carbocycles. The van der Waals surface area contributed by atoms with E-state index in [9.17, 15) is 19.2 Å². The summed E-state index contributed by atoms with van der Waals surface area (Å²) >= 11 is 0. The van der Waals surface area contributed by atoms with Gasteiger partial charge in [-0.25, -0.2) is 0 Å². The molecule has 0 unspecified atom stereocenters. The Morgan fingerprint density at radius 2 is 1.31 bits per heavy atom. The van der Waals surface area contributed by atoms with Crippen molar-refractivity contribution in [3.63, 3.8) is 0 Å². The summed E-state index contributed by atoms with van der Waals surface area (Å²) < 4.78 is 15.7. The zero-order valence-electron chi connectivity index (χ0n) is 19.7. The van der Waals surface area contributed by atoms with Crippen LogP contribution in [-0.2, 0) is 30.3 Å². The first-order chi connectivity index (χ1) is 15.2. The standard InChI is InChI=1S/C25H36O7/c1-5-6-8-11-22(29)12-9-7-10-13-23(30-18(2)26)14-21-15-24(31-19(3)27)17-25(16-21)32-20(4)28/h15-17,23H,5-14H2,1-4H3/t23-/m1/s1. The molecule has 0 saturated heterocycles. The monoisotopic (exact) mass is 448 g/mol. The van der Waals surface area contributed by atoms with E-state index in [2.05, 4.69) is 6.92 Å². The molecule has 1 rings (SSSR count). The molecule has 32 heavy (non-hydrogen) atoms. The van der Waals surface area contributed by atoms with Gasteiger partial charge < -0.3 is 14.2 Å². The van der Waals surface area contributed by atoms with Gasteiger partial charge in [0.15, 0.2) is 0 Å². The summed E-state index contributed by atoms with van der Waals surface area (Å²) in [5, 5.41) is 0. The van der Waals surface area contributed by atoms with Gasteiger partial charge in [0.25, 0.3) is 0 Å². The van der Waals surface area contributed by atoms with Gasteiger partial charge in [0.2, 0.25) is 0 Å². The van der Waals surface area contributed by atoms with E-state index in [0.717, 1.165) is 44.1 Å². The molecular weight excluding hydrogens is 412 g/mol. The Hall–Kier alpha value is -2.70. The maximum absolute atomic E-state index is 11.9. The highest BCUT2D eigenvalue weighted by Gasteiger charge is 2.16. The first-order valence-corrected chi connectivity index (χ1v) is 11.4. The number of esters is 3. The summed E-state index contributed by atoms with van der Waals surface area (Å²) in [6.45, 7) is 6.05. The Balaban J connectivity index is 2.67. The van der Waals surface area contributed by atoms with E-state index in [1.807, 2.05) is 0 Å². The van der Waals surface area contributed by atoms with Crippen LogP contribution in [-0.4, -0.2) is 29.8 Å². The maximum atomic E-state index is 11.9. The summed E-state index contributed by atoms with van der Waals surface area (Å²) in [6.07, 6.45) is 7.61. The van der Waals surface area contributed by atoms with Crippen LogP contribution in [0.3, 0.4) is 0 Å². The number of ketones is 1. The zero-order chi connectivity index (χ0) is 23.9. The third-order valence-electron chi connectivity index (χ3n) is 4.80. The average molecular weight is 449 g/mol. The lowest BCUT2D eigenvalue weighted by atomic mass is 10.0. The Morgan fingerprint density at radius 3 is 1.81 bits per heavy atom. The fraction of sp³-hybridized carbons (Fsp3) is 0.600. The highest BCUT2D eigenvalue weighted by Crippen LogP contribution is 2.26. The minimum absolute atomic E-state index is 0.259. The van der Waals surface area contributed by atoms with Crippen LogP contribution in [0.5, 0.6) is 11.5 Å². The van der Waals surface area contributed by atoms with Crippen molar-refractivity contribution in [1.82, 2.24) is 0 Å². The molecule has 7 nitrogen and oxygen atoms in total. The Morgan fingerprint density at radius 1 is 0.750 bits per heavy atom. The molecule has 0 spiro atoms. The zero-order valence-corrected chi connectivity index (χ0v) is 19.7. The molecule has 1 atom stereocenters. The SMILES string of the molecule is CCCCCC(=O)CCCCC[C@H](Cc1cc(OC(C)=O)cc(OC(C)=O)c1)OC(C)=O. The summed E-state index contributed by atoms with van der Waals surface area (Å²) in [4.78, 5) is 46.1. The number of carbonyl (C=O) groups is 4. The van der Waals surface area contributed by atoms with Crippen LogP contribution in [0.15, 0.2) is 18.2 Å². The molecule has 0 aliphatic rings. The lowest BCUT2D eigenvalue weighted by Crippen LogP contribution is -2.19. The summed E-state index contributed by atoms with van der Waals surface area (Å²) in [5.74, 6) is -0.523. The van der Waals surface area contributed by atoms with Crippen molar-refractivity contribution < 1.29 is 33.4 Å². The molecular formula is C25H36O7. The van der Waals surface area contributed by atoms with Crippen LogP contribution in [0.1, 0.15) is 91.0 Å². The van der Waals surface area contributed by atoms with E-state index >= 15 is 0 Å². The maximum Gasteiger partial charge on any atom is 0.308 e. The lowest BCUT2D eigenvalue weighted by Gasteiger charge is -2.18. The summed E-state index contributed by atoms with van der Waals surface area (Å²) in [7, 11) is 0. The summed E-state index contributed by atoms with van der Waals surface area (Å²) in [6, 6.07) is 4.80. The minimum Gasteiger partial charge on any atom is -0.462 e. The number of benzene rings is 1. The number of ether oxygens (including phenoxy) is 3. The van der Waals surface area contributed by atoms with Crippen molar-refractivity contribution in [3.05, 3.63) is 23.8 Å². The molecule has 178 valence electrons. The van der Waals surface area contributed by atoms with Crippen LogP contribution in [0.25, 0.3) is 0 Å². The average Bonchev–Trinajstić information content (AvgIpc) is 2.66. The topological polar surface area (TPSA) is 96.0 Å². The predicted octanol–water partition coefficient (Wildman–Crippen LogP) is 5.11. The third kappa shape index (κ3) is 12.9. The first kappa shape index (κ1) is 27.3. The van der Waals surface area contributed by atoms with Gasteiger partial charge in [0, 0.05) is 46.1 Å². The number of hydrogen-bond acceptors (Lipinski definition) is 7. The van der Waals surface area contributed by atoms with Crippen LogP contribution >= 0.6 is 0 Å². The fourth-order valence-corrected chi connectivity index (χ4v) is 3.47. The largest absolute Gasteiger partial charge is 0.462 e. The highest BCUT2D eigenvalue weighted by atomic mass is 16.5. The second-order valence-electron chi connectivity index (χ2n) is 8.03. The fourth-order valence-electron chi connectivity index (χ4n) is 3.47. The lowest BCUT2D eigenvalue weighted by molar-refractivity contribution is -0.146. The molecule has 0 amide bonds. The van der Waals surface area contributed by atoms with E-state index in [-0.39, 0.29) is 23.6 Å². The van der Waals surface area contributed by atoms with Crippen LogP contribution in [0, 0.1) is 0 Å². The Bertz CT molecular complexity index is 735. The van der Waals surface area contributed by atoms with Crippen molar-refractivity contribution in [2.24, 2.45) is 0 Å². The van der Waals surface area contributed by atoms with Gasteiger partial charge in [0.1, 0.15) is 23.4 Å². The number of unbranched alkanes of at least 4 members (excludes halogenated alkanes) is 4. The second kappa shape index (κ2) is 15.2. The van der Waals surface area contributed by atoms with E-state index in [1.165, 1.54) is 26.8 Å². The van der Waals surface area contributed by atoms with Crippen molar-refractivity contribution in [2.75, 3.05) is 0 Å². The van der Waals surface area contributed by atoms with E-state index < -0.39 is 11.9 Å². The Labute approximate surface area is 190 Å². The smallest absolute Gasteiger partial charge is 0.308 e. The number of Topliss-reactive ketones (excluding diaryl/α,β-unsaturated/α-hetero) is 1. The van der Waals surface area contributed by atoms with Crippen molar-refractivity contribution in [3.8, 4) is 11.5 Å². The molecule has 0 N–H and O–H groups in total. The second-order valence-corrected chi connectivity index (χ2v) is 8.03. The van der Waals surface area contributed by atoms with Crippen LogP contribution < -0.4 is 9.47 Å². The van der Waals surface area contributed by atoms with Crippen LogP contribution in [0.2, 0.25) is 0 Å². The number of carbonyl (C=O) groups excluding carboxylic acids is 4. The van der Waals surface area contributed by atoms with Gasteiger partial charge in [-0.3, -0.25) is 19.2 Å². The molecule has 0 aliphatic carbocycles. The van der Waals surface area contributed by atoms with Crippen LogP contribution in [0.4, 0.5) is 0 Å². The van der Waals surface area contributed by atoms with Gasteiger partial charge >= 0.3 is 17.9 Å². The van der Waals surface area contributed by atoms with E-state index in [0.29, 0.717) is 31.5 Å². The first-order valence-electron chi connectivity index (χ1n) is 11.4. The molecule has 1 aromatic rings. The molecule has 0 aliphatic heterocycles. The molecule has 0 bridgehead atoms. The minimum atomic E-state index is -0.489. The van der Waals surface area contributed by atoms with Crippen molar-refractivity contribution >= 4 is 23.7 Å². The van der Waals surface area contributed by atoms with Gasteiger partial charge in [-0.1, -0.05) is 26.2 Å². The number of rotatable bonds is 15. The molecule has 0 radical (unpaired) electrons. The van der Waals surface area contributed by atoms with E-state index in [4.69, 9.17) is 14.2 Å². The molecule has 0 heterocycles. The van der Waals surface area contributed by atoms with Gasteiger partial charge in [0.05, 0.1) is 0 Å². The third-order valence-corrected chi connectivity index (χ3v) is 4.80. The molecule has 7 heteroatoms. The van der Waals surface area contributed by atoms with E-state index in [1.54, 1.807) is 12.1 Å².